The van der Waals surface area contributed by atoms with Gasteiger partial charge < -0.3 is 10.4 Å². The van der Waals surface area contributed by atoms with Gasteiger partial charge in [-0.3, -0.25) is 0 Å². The van der Waals surface area contributed by atoms with Crippen LogP contribution in [0.15, 0.2) is 51.4 Å². The normalized spacial score (nSPS) is 11.9. The first kappa shape index (κ1) is 15.0. The second-order valence-electron chi connectivity index (χ2n) is 4.10. The molecule has 0 fully saturated rings. The number of carboxylic acid groups (broad SMARTS) is 1. The third-order valence-corrected chi connectivity index (χ3v) is 3.82. The molecule has 0 saturated heterocycles. The molecule has 0 radical (unpaired) electrons. The number of hydrogen-bond acceptors (Lipinski definition) is 2. The molecular weight excluding hydrogens is 393 g/mol. The van der Waals surface area contributed by atoms with E-state index in [0.717, 1.165) is 4.47 Å². The van der Waals surface area contributed by atoms with E-state index in [1.165, 1.54) is 18.2 Å². The van der Waals surface area contributed by atoms with E-state index < -0.39 is 17.8 Å². The highest BCUT2D eigenvalue weighted by molar-refractivity contribution is 9.10. The monoisotopic (exact) mass is 401 g/mol. The van der Waals surface area contributed by atoms with Crippen LogP contribution in [0.2, 0.25) is 0 Å². The zero-order valence-electron chi connectivity index (χ0n) is 10.1. The van der Waals surface area contributed by atoms with E-state index in [4.69, 9.17) is 0 Å². The highest BCUT2D eigenvalue weighted by Gasteiger charge is 2.20. The van der Waals surface area contributed by atoms with Crippen LogP contribution in [0.4, 0.5) is 10.1 Å². The van der Waals surface area contributed by atoms with Crippen molar-refractivity contribution < 1.29 is 14.3 Å². The molecule has 0 aliphatic rings. The van der Waals surface area contributed by atoms with E-state index in [1.54, 1.807) is 12.1 Å². The van der Waals surface area contributed by atoms with Crippen LogP contribution in [0.3, 0.4) is 0 Å². The van der Waals surface area contributed by atoms with Gasteiger partial charge in [-0.05, 0) is 57.9 Å². The summed E-state index contributed by atoms with van der Waals surface area (Å²) in [5, 5.41) is 12.2. The van der Waals surface area contributed by atoms with Gasteiger partial charge in [0.05, 0.1) is 4.47 Å². The summed E-state index contributed by atoms with van der Waals surface area (Å²) in [6, 6.07) is 10.3. The smallest absolute Gasteiger partial charge is 0.330 e. The standard InChI is InChI=1S/C14H10Br2FNO2/c15-9-2-4-10(5-3-9)18-13(14(19)20)8-1-6-12(17)11(16)7-8/h1-7,13,18H,(H,19,20). The lowest BCUT2D eigenvalue weighted by molar-refractivity contribution is -0.138. The topological polar surface area (TPSA) is 49.3 Å². The number of aliphatic carboxylic acids is 1. The number of rotatable bonds is 4. The third kappa shape index (κ3) is 3.58. The minimum Gasteiger partial charge on any atom is -0.479 e. The molecule has 0 amide bonds. The van der Waals surface area contributed by atoms with E-state index in [0.29, 0.717) is 11.3 Å². The predicted octanol–water partition coefficient (Wildman–Crippen LogP) is 4.59. The molecule has 3 nitrogen and oxygen atoms in total. The van der Waals surface area contributed by atoms with E-state index in [1.807, 2.05) is 12.1 Å². The summed E-state index contributed by atoms with van der Waals surface area (Å²) in [4.78, 5) is 11.4. The van der Waals surface area contributed by atoms with Crippen molar-refractivity contribution >= 4 is 43.5 Å². The maximum Gasteiger partial charge on any atom is 0.330 e. The largest absolute Gasteiger partial charge is 0.479 e. The second-order valence-corrected chi connectivity index (χ2v) is 5.87. The number of nitrogens with one attached hydrogen (secondary N) is 1. The summed E-state index contributed by atoms with van der Waals surface area (Å²) in [7, 11) is 0. The molecule has 0 saturated carbocycles. The first-order chi connectivity index (χ1) is 9.47. The van der Waals surface area contributed by atoms with E-state index in [2.05, 4.69) is 37.2 Å². The minimum absolute atomic E-state index is 0.235. The Morgan fingerprint density at radius 1 is 1.15 bits per heavy atom. The molecule has 0 aliphatic carbocycles. The molecule has 104 valence electrons. The Morgan fingerprint density at radius 2 is 1.80 bits per heavy atom. The quantitative estimate of drug-likeness (QED) is 0.786. The van der Waals surface area contributed by atoms with E-state index in [9.17, 15) is 14.3 Å². The van der Waals surface area contributed by atoms with Crippen LogP contribution in [-0.4, -0.2) is 11.1 Å². The van der Waals surface area contributed by atoms with Gasteiger partial charge >= 0.3 is 5.97 Å². The summed E-state index contributed by atoms with van der Waals surface area (Å²) in [5.74, 6) is -1.46. The Kier molecular flexibility index (Phi) is 4.77. The van der Waals surface area contributed by atoms with Crippen molar-refractivity contribution in [2.75, 3.05) is 5.32 Å². The average molecular weight is 403 g/mol. The zero-order chi connectivity index (χ0) is 14.7. The van der Waals surface area contributed by atoms with Gasteiger partial charge in [0.1, 0.15) is 5.82 Å². The van der Waals surface area contributed by atoms with Gasteiger partial charge in [0.2, 0.25) is 0 Å². The Morgan fingerprint density at radius 3 is 2.35 bits per heavy atom. The van der Waals surface area contributed by atoms with Gasteiger partial charge in [-0.1, -0.05) is 22.0 Å². The number of benzene rings is 2. The number of carboxylic acids is 1. The van der Waals surface area contributed by atoms with Crippen molar-refractivity contribution in [1.82, 2.24) is 0 Å². The van der Waals surface area contributed by atoms with Crippen LogP contribution >= 0.6 is 31.9 Å². The van der Waals surface area contributed by atoms with Crippen LogP contribution in [0.25, 0.3) is 0 Å². The molecule has 1 unspecified atom stereocenters. The van der Waals surface area contributed by atoms with Crippen molar-refractivity contribution in [2.24, 2.45) is 0 Å². The summed E-state index contributed by atoms with van der Waals surface area (Å²) < 4.78 is 14.4. The lowest BCUT2D eigenvalue weighted by atomic mass is 10.1. The first-order valence-corrected chi connectivity index (χ1v) is 7.26. The van der Waals surface area contributed by atoms with Crippen molar-refractivity contribution in [2.45, 2.75) is 6.04 Å². The minimum atomic E-state index is -1.04. The van der Waals surface area contributed by atoms with Gasteiger partial charge in [0, 0.05) is 10.2 Å². The van der Waals surface area contributed by atoms with Gasteiger partial charge in [-0.15, -0.1) is 0 Å². The molecule has 0 spiro atoms. The highest BCUT2D eigenvalue weighted by Crippen LogP contribution is 2.25. The molecule has 0 aromatic heterocycles. The predicted molar refractivity (Wildman–Crippen MR) is 82.2 cm³/mol. The Labute approximate surface area is 132 Å². The molecule has 20 heavy (non-hydrogen) atoms. The van der Waals surface area contributed by atoms with Crippen molar-refractivity contribution in [1.29, 1.82) is 0 Å². The van der Waals surface area contributed by atoms with Gasteiger partial charge in [-0.25, -0.2) is 9.18 Å². The summed E-state index contributed by atoms with van der Waals surface area (Å²) in [6.07, 6.45) is 0. The fourth-order valence-corrected chi connectivity index (χ4v) is 2.35. The maximum absolute atomic E-state index is 13.2. The lowest BCUT2D eigenvalue weighted by Crippen LogP contribution is -2.20. The molecule has 2 aromatic rings. The molecule has 2 aromatic carbocycles. The van der Waals surface area contributed by atoms with Crippen molar-refractivity contribution in [3.8, 4) is 0 Å². The van der Waals surface area contributed by atoms with Gasteiger partial charge in [0.25, 0.3) is 0 Å². The number of anilines is 1. The molecular formula is C14H10Br2FNO2. The Hall–Kier alpha value is -1.40. The number of carbonyl (C=O) groups is 1. The van der Waals surface area contributed by atoms with Crippen LogP contribution in [0.1, 0.15) is 11.6 Å². The van der Waals surface area contributed by atoms with Crippen LogP contribution in [0.5, 0.6) is 0 Å². The molecule has 0 bridgehead atoms. The fourth-order valence-electron chi connectivity index (χ4n) is 1.69. The van der Waals surface area contributed by atoms with Crippen molar-refractivity contribution in [3.05, 3.63) is 62.8 Å². The third-order valence-electron chi connectivity index (χ3n) is 2.68. The fraction of sp³-hybridized carbons (Fsp3) is 0.0714. The first-order valence-electron chi connectivity index (χ1n) is 5.67. The lowest BCUT2D eigenvalue weighted by Gasteiger charge is -2.16. The van der Waals surface area contributed by atoms with Crippen molar-refractivity contribution in [3.63, 3.8) is 0 Å². The van der Waals surface area contributed by atoms with E-state index in [-0.39, 0.29) is 4.47 Å². The Bertz CT molecular complexity index is 632. The second kappa shape index (κ2) is 6.37. The molecule has 0 heterocycles. The number of halogens is 3. The summed E-state index contributed by atoms with van der Waals surface area (Å²) >= 11 is 6.37. The van der Waals surface area contributed by atoms with Crippen LogP contribution in [0, 0.1) is 5.82 Å². The molecule has 2 rings (SSSR count). The number of hydrogen-bond donors (Lipinski definition) is 2. The van der Waals surface area contributed by atoms with E-state index >= 15 is 0 Å². The van der Waals surface area contributed by atoms with Crippen LogP contribution in [-0.2, 0) is 4.79 Å². The summed E-state index contributed by atoms with van der Waals surface area (Å²) in [6.45, 7) is 0. The molecule has 6 heteroatoms. The zero-order valence-corrected chi connectivity index (χ0v) is 13.3. The average Bonchev–Trinajstić information content (AvgIpc) is 2.41. The summed E-state index contributed by atoms with van der Waals surface area (Å²) in [5.41, 5.74) is 1.13. The molecule has 2 N–H and O–H groups in total. The molecule has 0 aliphatic heterocycles. The van der Waals surface area contributed by atoms with Gasteiger partial charge in [0.15, 0.2) is 6.04 Å². The Balaban J connectivity index is 2.29. The molecule has 1 atom stereocenters. The SMILES string of the molecule is O=C(O)C(Nc1ccc(Br)cc1)c1ccc(F)c(Br)c1. The van der Waals surface area contributed by atoms with Gasteiger partial charge in [-0.2, -0.15) is 0 Å². The van der Waals surface area contributed by atoms with Crippen LogP contribution < -0.4 is 5.32 Å². The highest BCUT2D eigenvalue weighted by atomic mass is 79.9. The maximum atomic E-state index is 13.2.